The predicted molar refractivity (Wildman–Crippen MR) is 156 cm³/mol. The molecule has 3 amide bonds. The predicted octanol–water partition coefficient (Wildman–Crippen LogP) is 6.02. The molecule has 3 aromatic carbocycles. The van der Waals surface area contributed by atoms with Crippen LogP contribution in [0.15, 0.2) is 72.8 Å². The number of hydrogen-bond donors (Lipinski definition) is 3. The minimum Gasteiger partial charge on any atom is -0.508 e. The lowest BCUT2D eigenvalue weighted by atomic mass is 10.00. The molecular formula is C31H36ClN3O5. The molecule has 0 fully saturated rings. The van der Waals surface area contributed by atoms with Crippen LogP contribution >= 0.6 is 11.6 Å². The number of phenolic OH excluding ortho intramolecular Hbond substituents is 1. The van der Waals surface area contributed by atoms with Gasteiger partial charge in [0.2, 0.25) is 5.91 Å². The molecule has 2 atom stereocenters. The number of nitrogens with zero attached hydrogens (tertiary/aromatic N) is 1. The van der Waals surface area contributed by atoms with Gasteiger partial charge < -0.3 is 25.4 Å². The fraction of sp³-hybridized carbons (Fsp3) is 0.323. The molecule has 0 heterocycles. The maximum absolute atomic E-state index is 14.2. The number of benzene rings is 3. The lowest BCUT2D eigenvalue weighted by molar-refractivity contribution is -0.140. The number of halogens is 1. The molecule has 3 rings (SSSR count). The maximum atomic E-state index is 14.2. The van der Waals surface area contributed by atoms with Crippen molar-refractivity contribution < 1.29 is 24.2 Å². The highest BCUT2D eigenvalue weighted by atomic mass is 35.5. The Morgan fingerprint density at radius 1 is 0.975 bits per heavy atom. The van der Waals surface area contributed by atoms with E-state index in [1.165, 1.54) is 17.0 Å². The third kappa shape index (κ3) is 8.23. The zero-order chi connectivity index (χ0) is 29.4. The van der Waals surface area contributed by atoms with Crippen molar-refractivity contribution in [1.82, 2.24) is 10.2 Å². The first kappa shape index (κ1) is 30.5. The van der Waals surface area contributed by atoms with Crippen molar-refractivity contribution in [3.05, 3.63) is 94.5 Å². The van der Waals surface area contributed by atoms with Crippen molar-refractivity contribution in [2.24, 2.45) is 0 Å². The minimum absolute atomic E-state index is 0.0211. The van der Waals surface area contributed by atoms with Gasteiger partial charge in [-0.15, -0.1) is 0 Å². The Kier molecular flexibility index (Phi) is 10.2. The minimum atomic E-state index is -1.09. The average Bonchev–Trinajstić information content (AvgIpc) is 2.89. The fourth-order valence-corrected chi connectivity index (χ4v) is 4.55. The third-order valence-corrected chi connectivity index (χ3v) is 6.45. The monoisotopic (exact) mass is 565 g/mol. The van der Waals surface area contributed by atoms with Gasteiger partial charge in [-0.2, -0.15) is 0 Å². The summed E-state index contributed by atoms with van der Waals surface area (Å²) in [4.78, 5) is 42.2. The van der Waals surface area contributed by atoms with Crippen LogP contribution in [0.2, 0.25) is 5.02 Å². The highest BCUT2D eigenvalue weighted by Crippen LogP contribution is 2.30. The number of hydrogen-bond acceptors (Lipinski definition) is 5. The molecule has 0 aliphatic heterocycles. The summed E-state index contributed by atoms with van der Waals surface area (Å²) >= 11 is 6.38. The summed E-state index contributed by atoms with van der Waals surface area (Å²) in [6.07, 6.45) is -0.557. The number of likely N-dealkylation sites (N-methyl/N-ethyl adjacent to an activating group) is 1. The van der Waals surface area contributed by atoms with Gasteiger partial charge in [-0.05, 0) is 69.5 Å². The number of rotatable bonds is 9. The second-order valence-electron chi connectivity index (χ2n) is 10.4. The molecule has 0 saturated carbocycles. The molecule has 3 aromatic rings. The van der Waals surface area contributed by atoms with Crippen LogP contribution in [-0.4, -0.2) is 46.1 Å². The molecule has 2 unspecified atom stereocenters. The summed E-state index contributed by atoms with van der Waals surface area (Å²) < 4.78 is 5.44. The third-order valence-electron chi connectivity index (χ3n) is 6.13. The number of anilines is 1. The Bertz CT molecular complexity index is 1300. The highest BCUT2D eigenvalue weighted by molar-refractivity contribution is 6.34. The Morgan fingerprint density at radius 3 is 2.20 bits per heavy atom. The molecule has 0 aliphatic rings. The summed E-state index contributed by atoms with van der Waals surface area (Å²) in [5.41, 5.74) is 1.73. The largest absolute Gasteiger partial charge is 0.508 e. The molecule has 212 valence electrons. The second kappa shape index (κ2) is 13.3. The summed E-state index contributed by atoms with van der Waals surface area (Å²) in [6.45, 7) is 8.94. The lowest BCUT2D eigenvalue weighted by Crippen LogP contribution is -2.53. The second-order valence-corrected chi connectivity index (χ2v) is 10.8. The molecule has 9 heteroatoms. The molecule has 3 N–H and O–H groups in total. The number of carbonyl (C=O) groups is 3. The molecular weight excluding hydrogens is 530 g/mol. The van der Waals surface area contributed by atoms with Gasteiger partial charge in [0.25, 0.3) is 5.91 Å². The van der Waals surface area contributed by atoms with Gasteiger partial charge in [0, 0.05) is 13.0 Å². The first-order valence-corrected chi connectivity index (χ1v) is 13.5. The average molecular weight is 566 g/mol. The molecule has 0 bridgehead atoms. The number of amides is 3. The number of alkyl carbamates (subject to hydrolysis) is 1. The van der Waals surface area contributed by atoms with Gasteiger partial charge in [0.05, 0.1) is 10.7 Å². The first-order valence-electron chi connectivity index (χ1n) is 13.1. The van der Waals surface area contributed by atoms with Gasteiger partial charge in [-0.1, -0.05) is 66.2 Å². The van der Waals surface area contributed by atoms with E-state index in [0.29, 0.717) is 16.3 Å². The van der Waals surface area contributed by atoms with Crippen LogP contribution in [0.3, 0.4) is 0 Å². The Morgan fingerprint density at radius 2 is 1.62 bits per heavy atom. The summed E-state index contributed by atoms with van der Waals surface area (Å²) in [6, 6.07) is 18.5. The number of nitrogens with one attached hydrogen (secondary N) is 2. The molecule has 0 saturated heterocycles. The number of phenols is 1. The normalized spacial score (nSPS) is 12.7. The van der Waals surface area contributed by atoms with E-state index in [9.17, 15) is 19.5 Å². The van der Waals surface area contributed by atoms with Crippen LogP contribution in [0.1, 0.15) is 50.4 Å². The van der Waals surface area contributed by atoms with Gasteiger partial charge in [-0.25, -0.2) is 4.79 Å². The Labute approximate surface area is 240 Å². The number of ether oxygens (including phenoxy) is 1. The zero-order valence-electron chi connectivity index (χ0n) is 23.4. The van der Waals surface area contributed by atoms with Crippen LogP contribution in [0.4, 0.5) is 10.5 Å². The summed E-state index contributed by atoms with van der Waals surface area (Å²) in [5.74, 6) is -0.943. The smallest absolute Gasteiger partial charge is 0.408 e. The number of aromatic hydroxyl groups is 1. The van der Waals surface area contributed by atoms with Gasteiger partial charge >= 0.3 is 6.09 Å². The van der Waals surface area contributed by atoms with Crippen LogP contribution in [0.25, 0.3) is 0 Å². The maximum Gasteiger partial charge on any atom is 0.408 e. The van der Waals surface area contributed by atoms with Crippen molar-refractivity contribution in [2.45, 2.75) is 58.7 Å². The summed E-state index contributed by atoms with van der Waals surface area (Å²) in [7, 11) is 0. The standard InChI is InChI=1S/C31H36ClN3O5/c1-6-35(29(38)25(19-21-12-8-7-9-13-21)33-30(39)40-31(3,4)5)27(22-15-17-23(36)18-16-22)28(37)34-26-20(2)11-10-14-24(26)32/h7-18,25,27,36H,6,19H2,1-5H3,(H,33,39)(H,34,37). The Balaban J connectivity index is 2.02. The first-order chi connectivity index (χ1) is 18.9. The van der Waals surface area contributed by atoms with E-state index >= 15 is 0 Å². The molecule has 0 spiro atoms. The fourth-order valence-electron chi connectivity index (χ4n) is 4.28. The van der Waals surface area contributed by atoms with E-state index in [2.05, 4.69) is 10.6 Å². The molecule has 0 radical (unpaired) electrons. The van der Waals surface area contributed by atoms with E-state index in [1.807, 2.05) is 43.3 Å². The highest BCUT2D eigenvalue weighted by Gasteiger charge is 2.36. The summed E-state index contributed by atoms with van der Waals surface area (Å²) in [5, 5.41) is 15.8. The van der Waals surface area contributed by atoms with Crippen molar-refractivity contribution in [1.29, 1.82) is 0 Å². The SMILES string of the molecule is CCN(C(=O)C(Cc1ccccc1)NC(=O)OC(C)(C)C)C(C(=O)Nc1c(C)cccc1Cl)c1ccc(O)cc1. The van der Waals surface area contributed by atoms with Crippen LogP contribution in [0.5, 0.6) is 5.75 Å². The van der Waals surface area contributed by atoms with E-state index in [0.717, 1.165) is 11.1 Å². The van der Waals surface area contributed by atoms with Crippen LogP contribution in [-0.2, 0) is 20.7 Å². The number of carbonyl (C=O) groups excluding carboxylic acids is 3. The van der Waals surface area contributed by atoms with Gasteiger partial charge in [0.15, 0.2) is 0 Å². The van der Waals surface area contributed by atoms with Crippen LogP contribution in [0, 0.1) is 6.92 Å². The van der Waals surface area contributed by atoms with E-state index in [-0.39, 0.29) is 18.7 Å². The van der Waals surface area contributed by atoms with Gasteiger partial charge in [0.1, 0.15) is 23.4 Å². The van der Waals surface area contributed by atoms with Crippen molar-refractivity contribution in [2.75, 3.05) is 11.9 Å². The van der Waals surface area contributed by atoms with Crippen molar-refractivity contribution in [3.63, 3.8) is 0 Å². The van der Waals surface area contributed by atoms with E-state index in [4.69, 9.17) is 16.3 Å². The number of aryl methyl sites for hydroxylation is 1. The Hall–Kier alpha value is -4.04. The molecule has 8 nitrogen and oxygen atoms in total. The van der Waals surface area contributed by atoms with Crippen molar-refractivity contribution >= 4 is 35.2 Å². The molecule has 40 heavy (non-hydrogen) atoms. The van der Waals surface area contributed by atoms with Crippen LogP contribution < -0.4 is 10.6 Å². The lowest BCUT2D eigenvalue weighted by Gasteiger charge is -2.34. The quantitative estimate of drug-likeness (QED) is 0.294. The topological polar surface area (TPSA) is 108 Å². The zero-order valence-corrected chi connectivity index (χ0v) is 24.2. The van der Waals surface area contributed by atoms with E-state index < -0.39 is 35.6 Å². The van der Waals surface area contributed by atoms with Crippen molar-refractivity contribution in [3.8, 4) is 5.75 Å². The van der Waals surface area contributed by atoms with E-state index in [1.54, 1.807) is 52.0 Å². The van der Waals surface area contributed by atoms with Gasteiger partial charge in [-0.3, -0.25) is 9.59 Å². The molecule has 0 aromatic heterocycles. The molecule has 0 aliphatic carbocycles. The number of para-hydroxylation sites is 1.